The number of morpholine rings is 1. The van der Waals surface area contributed by atoms with E-state index in [9.17, 15) is 9.59 Å². The number of hydrogen-bond donors (Lipinski definition) is 1. The number of likely N-dealkylation sites (tertiary alicyclic amines) is 1. The van der Waals surface area contributed by atoms with Crippen molar-refractivity contribution >= 4 is 23.2 Å². The van der Waals surface area contributed by atoms with Crippen LogP contribution in [0.4, 0.5) is 0 Å². The number of hydrogen-bond acceptors (Lipinski definition) is 6. The van der Waals surface area contributed by atoms with Gasteiger partial charge in [0.25, 0.3) is 0 Å². The quantitative estimate of drug-likeness (QED) is 0.772. The normalized spacial score (nSPS) is 25.0. The molecule has 1 aromatic heterocycles. The lowest BCUT2D eigenvalue weighted by atomic mass is 9.89. The van der Waals surface area contributed by atoms with Crippen molar-refractivity contribution in [2.45, 2.75) is 63.6 Å². The molecule has 2 saturated heterocycles. The zero-order valence-electron chi connectivity index (χ0n) is 16.6. The van der Waals surface area contributed by atoms with Gasteiger partial charge >= 0.3 is 0 Å². The molecule has 0 aromatic carbocycles. The van der Waals surface area contributed by atoms with Crippen LogP contribution in [0.5, 0.6) is 0 Å². The lowest BCUT2D eigenvalue weighted by molar-refractivity contribution is -0.153. The fraction of sp³-hybridized carbons (Fsp3) is 0.750. The summed E-state index contributed by atoms with van der Waals surface area (Å²) in [6.07, 6.45) is 6.28. The highest BCUT2D eigenvalue weighted by molar-refractivity contribution is 7.09. The summed E-state index contributed by atoms with van der Waals surface area (Å²) >= 11 is 1.55. The van der Waals surface area contributed by atoms with Gasteiger partial charge in [0.1, 0.15) is 6.61 Å². The van der Waals surface area contributed by atoms with Gasteiger partial charge in [-0.05, 0) is 32.6 Å². The molecule has 1 aromatic rings. The lowest BCUT2D eigenvalue weighted by Gasteiger charge is -2.45. The smallest absolute Gasteiger partial charge is 0.248 e. The number of rotatable bonds is 6. The fourth-order valence-electron chi connectivity index (χ4n) is 4.38. The van der Waals surface area contributed by atoms with Crippen molar-refractivity contribution in [1.82, 2.24) is 20.1 Å². The van der Waals surface area contributed by atoms with Crippen LogP contribution in [0.1, 0.15) is 42.8 Å². The summed E-state index contributed by atoms with van der Waals surface area (Å²) in [4.78, 5) is 33.5. The monoisotopic (exact) mass is 406 g/mol. The minimum absolute atomic E-state index is 0.0499. The molecule has 3 fully saturated rings. The average Bonchev–Trinajstić information content (AvgIpc) is 3.05. The van der Waals surface area contributed by atoms with Crippen LogP contribution in [-0.4, -0.2) is 77.6 Å². The Morgan fingerprint density at radius 1 is 1.29 bits per heavy atom. The van der Waals surface area contributed by atoms with Crippen molar-refractivity contribution in [1.29, 1.82) is 0 Å². The summed E-state index contributed by atoms with van der Waals surface area (Å²) in [6.45, 7) is 5.25. The van der Waals surface area contributed by atoms with E-state index in [2.05, 4.69) is 15.2 Å². The van der Waals surface area contributed by atoms with E-state index in [0.29, 0.717) is 25.6 Å². The summed E-state index contributed by atoms with van der Waals surface area (Å²) in [6, 6.07) is 1.09. The number of carbonyl (C=O) groups is 2. The van der Waals surface area contributed by atoms with Crippen LogP contribution in [0.15, 0.2) is 5.38 Å². The Kier molecular flexibility index (Phi) is 6.28. The second-order valence-corrected chi connectivity index (χ2v) is 9.23. The predicted molar refractivity (Wildman–Crippen MR) is 107 cm³/mol. The first kappa shape index (κ1) is 19.8. The highest BCUT2D eigenvalue weighted by Crippen LogP contribution is 2.29. The Bertz CT molecular complexity index is 697. The molecule has 1 saturated carbocycles. The molecule has 4 rings (SSSR count). The van der Waals surface area contributed by atoms with Crippen molar-refractivity contribution in [3.63, 3.8) is 0 Å². The summed E-state index contributed by atoms with van der Waals surface area (Å²) in [5.41, 5.74) is 0.805. The summed E-state index contributed by atoms with van der Waals surface area (Å²) < 4.78 is 5.67. The van der Waals surface area contributed by atoms with Gasteiger partial charge in [-0.2, -0.15) is 0 Å². The average molecular weight is 407 g/mol. The van der Waals surface area contributed by atoms with E-state index in [0.717, 1.165) is 42.7 Å². The third-order valence-electron chi connectivity index (χ3n) is 6.23. The molecule has 3 aliphatic rings. The van der Waals surface area contributed by atoms with E-state index in [1.807, 2.05) is 17.2 Å². The van der Waals surface area contributed by atoms with Crippen LogP contribution in [0.2, 0.25) is 0 Å². The number of ether oxygens (including phenoxy) is 1. The van der Waals surface area contributed by atoms with Crippen LogP contribution in [0.3, 0.4) is 0 Å². The number of carbonyl (C=O) groups excluding carboxylic acids is 2. The second-order valence-electron chi connectivity index (χ2n) is 8.17. The van der Waals surface area contributed by atoms with Gasteiger partial charge in [0.05, 0.1) is 23.2 Å². The number of thiazole rings is 1. The van der Waals surface area contributed by atoms with Crippen LogP contribution >= 0.6 is 11.3 Å². The maximum Gasteiger partial charge on any atom is 0.248 e. The maximum absolute atomic E-state index is 12.4. The van der Waals surface area contributed by atoms with E-state index in [1.165, 1.54) is 19.3 Å². The van der Waals surface area contributed by atoms with Crippen molar-refractivity contribution in [2.24, 2.45) is 0 Å². The fourth-order valence-corrected chi connectivity index (χ4v) is 4.99. The van der Waals surface area contributed by atoms with E-state index in [1.54, 1.807) is 11.3 Å². The Labute approximate surface area is 170 Å². The first-order chi connectivity index (χ1) is 13.6. The molecular weight excluding hydrogens is 376 g/mol. The third-order valence-corrected chi connectivity index (χ3v) is 7.05. The summed E-state index contributed by atoms with van der Waals surface area (Å²) in [5.74, 6) is 0.0359. The van der Waals surface area contributed by atoms with Crippen LogP contribution in [0, 0.1) is 6.92 Å². The largest absolute Gasteiger partial charge is 0.365 e. The topological polar surface area (TPSA) is 74.8 Å². The number of nitrogens with one attached hydrogen (secondary N) is 1. The molecule has 3 heterocycles. The number of amides is 2. The Morgan fingerprint density at radius 3 is 2.71 bits per heavy atom. The SMILES string of the molecule is Cc1nc(CC(=O)NC[C@@H]2CN(C3CCN(C4CCC4)CC3)C(=O)CO2)cs1. The van der Waals surface area contributed by atoms with Crippen LogP contribution in [0.25, 0.3) is 0 Å². The van der Waals surface area contributed by atoms with Crippen LogP contribution < -0.4 is 5.32 Å². The van der Waals surface area contributed by atoms with Crippen molar-refractivity contribution in [2.75, 3.05) is 32.8 Å². The van der Waals surface area contributed by atoms with Gasteiger partial charge in [-0.15, -0.1) is 11.3 Å². The molecule has 2 amide bonds. The standard InChI is InChI=1S/C20H30N4O3S/c1-14-22-15(13-28-14)9-19(25)21-10-18-11-24(20(26)12-27-18)17-5-7-23(8-6-17)16-3-2-4-16/h13,16-18H,2-12H2,1H3,(H,21,25)/t18-/m1/s1. The molecule has 0 bridgehead atoms. The van der Waals surface area contributed by atoms with Gasteiger partial charge in [0.2, 0.25) is 11.8 Å². The molecule has 2 aliphatic heterocycles. The predicted octanol–water partition coefficient (Wildman–Crippen LogP) is 1.35. The first-order valence-electron chi connectivity index (χ1n) is 10.4. The summed E-state index contributed by atoms with van der Waals surface area (Å²) in [5, 5.41) is 5.83. The third kappa shape index (κ3) is 4.72. The zero-order chi connectivity index (χ0) is 19.5. The number of aryl methyl sites for hydroxylation is 1. The van der Waals surface area contributed by atoms with E-state index < -0.39 is 0 Å². The molecule has 1 atom stereocenters. The molecule has 7 nitrogen and oxygen atoms in total. The van der Waals surface area contributed by atoms with E-state index >= 15 is 0 Å². The van der Waals surface area contributed by atoms with Gasteiger partial charge < -0.3 is 19.9 Å². The number of nitrogens with zero attached hydrogens (tertiary/aromatic N) is 3. The van der Waals surface area contributed by atoms with Gasteiger partial charge in [0.15, 0.2) is 0 Å². The highest BCUT2D eigenvalue weighted by Gasteiger charge is 2.35. The van der Waals surface area contributed by atoms with Crippen molar-refractivity contribution in [3.8, 4) is 0 Å². The maximum atomic E-state index is 12.4. The molecule has 0 unspecified atom stereocenters. The van der Waals surface area contributed by atoms with Crippen molar-refractivity contribution in [3.05, 3.63) is 16.1 Å². The van der Waals surface area contributed by atoms with Crippen LogP contribution in [-0.2, 0) is 20.7 Å². The van der Waals surface area contributed by atoms with Gasteiger partial charge in [-0.1, -0.05) is 6.42 Å². The van der Waals surface area contributed by atoms with E-state index in [4.69, 9.17) is 4.74 Å². The minimum atomic E-state index is -0.136. The van der Waals surface area contributed by atoms with Gasteiger partial charge in [-0.3, -0.25) is 9.59 Å². The second kappa shape index (κ2) is 8.88. The molecule has 0 spiro atoms. The molecule has 0 radical (unpaired) electrons. The first-order valence-corrected chi connectivity index (χ1v) is 11.3. The van der Waals surface area contributed by atoms with Crippen molar-refractivity contribution < 1.29 is 14.3 Å². The molecule has 8 heteroatoms. The zero-order valence-corrected chi connectivity index (χ0v) is 17.4. The molecule has 154 valence electrons. The summed E-state index contributed by atoms with van der Waals surface area (Å²) in [7, 11) is 0. The van der Waals surface area contributed by atoms with Gasteiger partial charge in [-0.25, -0.2) is 4.98 Å². The van der Waals surface area contributed by atoms with Gasteiger partial charge in [0, 0.05) is 43.6 Å². The molecular formula is C20H30N4O3S. The Hall–Kier alpha value is -1.51. The number of piperidine rings is 1. The van der Waals surface area contributed by atoms with E-state index in [-0.39, 0.29) is 24.5 Å². The Balaban J connectivity index is 1.23. The molecule has 1 N–H and O–H groups in total. The highest BCUT2D eigenvalue weighted by atomic mass is 32.1. The molecule has 1 aliphatic carbocycles. The molecule has 28 heavy (non-hydrogen) atoms. The number of aromatic nitrogens is 1. The minimum Gasteiger partial charge on any atom is -0.365 e. The lowest BCUT2D eigenvalue weighted by Crippen LogP contribution is -2.57. The Morgan fingerprint density at radius 2 is 2.07 bits per heavy atom.